The average molecular weight is 340 g/mol. The summed E-state index contributed by atoms with van der Waals surface area (Å²) in [5, 5.41) is 10.3. The molecule has 25 heavy (non-hydrogen) atoms. The van der Waals surface area contributed by atoms with Gasteiger partial charge in [-0.05, 0) is 31.2 Å². The van der Waals surface area contributed by atoms with Crippen LogP contribution in [0.4, 0.5) is 5.82 Å². The fraction of sp³-hybridized carbons (Fsp3) is 0.526. The first-order chi connectivity index (χ1) is 12.2. The highest BCUT2D eigenvalue weighted by Gasteiger charge is 2.27. The van der Waals surface area contributed by atoms with E-state index in [4.69, 9.17) is 9.47 Å². The van der Waals surface area contributed by atoms with Crippen LogP contribution >= 0.6 is 0 Å². The molecule has 0 saturated carbocycles. The van der Waals surface area contributed by atoms with Crippen LogP contribution in [0.1, 0.15) is 26.2 Å². The van der Waals surface area contributed by atoms with E-state index in [1.54, 1.807) is 20.5 Å². The maximum Gasteiger partial charge on any atom is 0.162 e. The van der Waals surface area contributed by atoms with Gasteiger partial charge in [-0.15, -0.1) is 0 Å². The molecule has 0 aliphatic carbocycles. The zero-order valence-electron chi connectivity index (χ0n) is 15.0. The largest absolute Gasteiger partial charge is 0.493 e. The molecule has 1 fully saturated rings. The summed E-state index contributed by atoms with van der Waals surface area (Å²) < 4.78 is 10.8. The Morgan fingerprint density at radius 3 is 2.48 bits per heavy atom. The van der Waals surface area contributed by atoms with Gasteiger partial charge in [-0.3, -0.25) is 0 Å². The minimum Gasteiger partial charge on any atom is -0.493 e. The Hall–Kier alpha value is -2.55. The standard InChI is InChI=1S/C19H24N4O2/c1-4-13(11-20)14-5-7-23(8-6-14)19-15-9-17(24-2)18(25-3)10-16(15)21-12-22-19/h9-10,12-14H,4-8H2,1-3H3. The normalized spacial score (nSPS) is 16.5. The predicted octanol–water partition coefficient (Wildman–Crippen LogP) is 3.41. The molecule has 2 heterocycles. The molecule has 6 heteroatoms. The van der Waals surface area contributed by atoms with Crippen LogP contribution in [0, 0.1) is 23.2 Å². The lowest BCUT2D eigenvalue weighted by Crippen LogP contribution is -2.36. The molecule has 6 nitrogen and oxygen atoms in total. The number of benzene rings is 1. The SMILES string of the molecule is CCC(C#N)C1CCN(c2ncnc3cc(OC)c(OC)cc23)CC1. The predicted molar refractivity (Wildman–Crippen MR) is 97.0 cm³/mol. The van der Waals surface area contributed by atoms with E-state index in [1.165, 1.54) is 0 Å². The number of ether oxygens (including phenoxy) is 2. The summed E-state index contributed by atoms with van der Waals surface area (Å²) in [6.45, 7) is 3.91. The molecule has 0 N–H and O–H groups in total. The average Bonchev–Trinajstić information content (AvgIpc) is 2.68. The molecule has 1 aromatic carbocycles. The smallest absolute Gasteiger partial charge is 0.162 e. The molecule has 1 aliphatic rings. The van der Waals surface area contributed by atoms with Crippen molar-refractivity contribution in [3.8, 4) is 17.6 Å². The van der Waals surface area contributed by atoms with E-state index in [0.717, 1.165) is 49.1 Å². The Morgan fingerprint density at radius 1 is 1.20 bits per heavy atom. The second kappa shape index (κ2) is 7.56. The van der Waals surface area contributed by atoms with E-state index >= 15 is 0 Å². The van der Waals surface area contributed by atoms with Crippen molar-refractivity contribution in [2.75, 3.05) is 32.2 Å². The fourth-order valence-corrected chi connectivity index (χ4v) is 3.67. The van der Waals surface area contributed by atoms with Crippen LogP contribution < -0.4 is 14.4 Å². The molecule has 1 unspecified atom stereocenters. The number of hydrogen-bond donors (Lipinski definition) is 0. The van der Waals surface area contributed by atoms with E-state index in [9.17, 15) is 5.26 Å². The van der Waals surface area contributed by atoms with Gasteiger partial charge in [0.2, 0.25) is 0 Å². The van der Waals surface area contributed by atoms with Crippen LogP contribution in [0.15, 0.2) is 18.5 Å². The van der Waals surface area contributed by atoms with Crippen molar-refractivity contribution >= 4 is 16.7 Å². The third-order valence-corrected chi connectivity index (χ3v) is 5.13. The number of aromatic nitrogens is 2. The Kier molecular flexibility index (Phi) is 5.22. The van der Waals surface area contributed by atoms with Crippen molar-refractivity contribution in [1.82, 2.24) is 9.97 Å². The van der Waals surface area contributed by atoms with E-state index in [1.807, 2.05) is 12.1 Å². The summed E-state index contributed by atoms with van der Waals surface area (Å²) in [5.41, 5.74) is 0.841. The number of nitrogens with zero attached hydrogens (tertiary/aromatic N) is 4. The molecule has 0 radical (unpaired) electrons. The van der Waals surface area contributed by atoms with E-state index in [0.29, 0.717) is 17.4 Å². The number of hydrogen-bond acceptors (Lipinski definition) is 6. The van der Waals surface area contributed by atoms with Gasteiger partial charge >= 0.3 is 0 Å². The Morgan fingerprint density at radius 2 is 1.88 bits per heavy atom. The molecular weight excluding hydrogens is 316 g/mol. The van der Waals surface area contributed by atoms with Gasteiger partial charge in [-0.2, -0.15) is 5.26 Å². The van der Waals surface area contributed by atoms with Crippen LogP contribution in [0.3, 0.4) is 0 Å². The molecular formula is C19H24N4O2. The van der Waals surface area contributed by atoms with Crippen molar-refractivity contribution < 1.29 is 9.47 Å². The van der Waals surface area contributed by atoms with Gasteiger partial charge in [0.1, 0.15) is 12.1 Å². The molecule has 1 aliphatic heterocycles. The number of anilines is 1. The second-order valence-electron chi connectivity index (χ2n) is 6.39. The van der Waals surface area contributed by atoms with Gasteiger partial charge in [-0.1, -0.05) is 6.92 Å². The maximum atomic E-state index is 9.30. The van der Waals surface area contributed by atoms with Crippen molar-refractivity contribution in [3.63, 3.8) is 0 Å². The van der Waals surface area contributed by atoms with E-state index in [-0.39, 0.29) is 5.92 Å². The van der Waals surface area contributed by atoms with E-state index < -0.39 is 0 Å². The summed E-state index contributed by atoms with van der Waals surface area (Å²) in [4.78, 5) is 11.2. The van der Waals surface area contributed by atoms with Crippen LogP contribution in [-0.2, 0) is 0 Å². The third kappa shape index (κ3) is 3.32. The van der Waals surface area contributed by atoms with Crippen LogP contribution in [-0.4, -0.2) is 37.3 Å². The lowest BCUT2D eigenvalue weighted by Gasteiger charge is -2.34. The second-order valence-corrected chi connectivity index (χ2v) is 6.39. The molecule has 1 aromatic heterocycles. The molecule has 0 bridgehead atoms. The highest BCUT2D eigenvalue weighted by Crippen LogP contribution is 2.36. The summed E-state index contributed by atoms with van der Waals surface area (Å²) in [5.74, 6) is 2.91. The quantitative estimate of drug-likeness (QED) is 0.830. The maximum absolute atomic E-state index is 9.30. The summed E-state index contributed by atoms with van der Waals surface area (Å²) in [6.07, 6.45) is 4.56. The minimum absolute atomic E-state index is 0.161. The molecule has 0 spiro atoms. The van der Waals surface area contributed by atoms with Crippen molar-refractivity contribution in [3.05, 3.63) is 18.5 Å². The summed E-state index contributed by atoms with van der Waals surface area (Å²) >= 11 is 0. The highest BCUT2D eigenvalue weighted by molar-refractivity contribution is 5.92. The van der Waals surface area contributed by atoms with Gasteiger partial charge in [0.05, 0.1) is 25.8 Å². The van der Waals surface area contributed by atoms with Gasteiger partial charge < -0.3 is 14.4 Å². The van der Waals surface area contributed by atoms with Crippen molar-refractivity contribution in [2.45, 2.75) is 26.2 Å². The fourth-order valence-electron chi connectivity index (χ4n) is 3.67. The first kappa shape index (κ1) is 17.3. The molecule has 0 amide bonds. The highest BCUT2D eigenvalue weighted by atomic mass is 16.5. The molecule has 3 rings (SSSR count). The molecule has 2 aromatic rings. The van der Waals surface area contributed by atoms with Crippen molar-refractivity contribution in [2.24, 2.45) is 11.8 Å². The number of piperidine rings is 1. The molecule has 1 saturated heterocycles. The lowest BCUT2D eigenvalue weighted by molar-refractivity contribution is 0.318. The summed E-state index contributed by atoms with van der Waals surface area (Å²) in [7, 11) is 3.25. The van der Waals surface area contributed by atoms with Crippen molar-refractivity contribution in [1.29, 1.82) is 5.26 Å². The van der Waals surface area contributed by atoms with Crippen LogP contribution in [0.2, 0.25) is 0 Å². The number of rotatable bonds is 5. The van der Waals surface area contributed by atoms with E-state index in [2.05, 4.69) is 27.9 Å². The zero-order chi connectivity index (χ0) is 17.8. The Bertz CT molecular complexity index is 779. The number of methoxy groups -OCH3 is 2. The molecule has 132 valence electrons. The molecule has 1 atom stereocenters. The van der Waals surface area contributed by atoms with Gasteiger partial charge in [0.25, 0.3) is 0 Å². The van der Waals surface area contributed by atoms with Gasteiger partial charge in [0.15, 0.2) is 11.5 Å². The topological polar surface area (TPSA) is 71.3 Å². The summed E-state index contributed by atoms with van der Waals surface area (Å²) in [6, 6.07) is 6.29. The van der Waals surface area contributed by atoms with Crippen LogP contribution in [0.5, 0.6) is 11.5 Å². The Balaban J connectivity index is 1.88. The lowest BCUT2D eigenvalue weighted by atomic mass is 9.83. The minimum atomic E-state index is 0.161. The first-order valence-electron chi connectivity index (χ1n) is 8.73. The zero-order valence-corrected chi connectivity index (χ0v) is 15.0. The van der Waals surface area contributed by atoms with Gasteiger partial charge in [0, 0.05) is 30.5 Å². The Labute approximate surface area is 148 Å². The number of fused-ring (bicyclic) bond motifs is 1. The third-order valence-electron chi connectivity index (χ3n) is 5.13. The first-order valence-corrected chi connectivity index (χ1v) is 8.73. The number of nitriles is 1. The monoisotopic (exact) mass is 340 g/mol. The van der Waals surface area contributed by atoms with Gasteiger partial charge in [-0.25, -0.2) is 9.97 Å². The van der Waals surface area contributed by atoms with Crippen LogP contribution in [0.25, 0.3) is 10.9 Å².